The summed E-state index contributed by atoms with van der Waals surface area (Å²) in [6, 6.07) is 13.0. The number of aromatic nitrogens is 1. The monoisotopic (exact) mass is 326 g/mol. The van der Waals surface area contributed by atoms with Crippen molar-refractivity contribution < 1.29 is 0 Å². The molecule has 4 nitrogen and oxygen atoms in total. The highest BCUT2D eigenvalue weighted by Crippen LogP contribution is 2.23. The van der Waals surface area contributed by atoms with Gasteiger partial charge in [-0.3, -0.25) is 0 Å². The Hall–Kier alpha value is -2.14. The van der Waals surface area contributed by atoms with E-state index in [1.807, 2.05) is 18.3 Å². The van der Waals surface area contributed by atoms with Gasteiger partial charge in [-0.25, -0.2) is 4.98 Å². The first-order valence-electron chi connectivity index (χ1n) is 7.97. The summed E-state index contributed by atoms with van der Waals surface area (Å²) in [6.07, 6.45) is 2.91. The van der Waals surface area contributed by atoms with E-state index in [4.69, 9.17) is 12.2 Å². The van der Waals surface area contributed by atoms with E-state index < -0.39 is 0 Å². The van der Waals surface area contributed by atoms with Crippen molar-refractivity contribution in [2.24, 2.45) is 0 Å². The summed E-state index contributed by atoms with van der Waals surface area (Å²) in [5, 5.41) is 6.95. The zero-order valence-electron chi connectivity index (χ0n) is 13.5. The fourth-order valence-electron chi connectivity index (χ4n) is 2.77. The highest BCUT2D eigenvalue weighted by atomic mass is 32.1. The average molecular weight is 326 g/mol. The fraction of sp³-hybridized carbons (Fsp3) is 0.333. The molecule has 1 aromatic heterocycles. The molecule has 2 N–H and O–H groups in total. The Bertz CT molecular complexity index is 682. The fourth-order valence-corrected chi connectivity index (χ4v) is 3.12. The minimum atomic E-state index is 0.315. The lowest BCUT2D eigenvalue weighted by molar-refractivity contribution is 0.721. The number of thiocarbonyl (C=S) groups is 1. The van der Waals surface area contributed by atoms with Gasteiger partial charge < -0.3 is 15.5 Å². The van der Waals surface area contributed by atoms with E-state index in [9.17, 15) is 0 Å². The molecule has 0 bridgehead atoms. The molecule has 0 spiro atoms. The van der Waals surface area contributed by atoms with Crippen LogP contribution in [-0.4, -0.2) is 22.7 Å². The van der Waals surface area contributed by atoms with Crippen LogP contribution in [0.4, 0.5) is 11.5 Å². The third-order valence-electron chi connectivity index (χ3n) is 3.88. The Kier molecular flexibility index (Phi) is 4.76. The van der Waals surface area contributed by atoms with Gasteiger partial charge in [0, 0.05) is 19.1 Å². The molecule has 5 heteroatoms. The van der Waals surface area contributed by atoms with Crippen molar-refractivity contribution in [3.05, 3.63) is 53.7 Å². The summed E-state index contributed by atoms with van der Waals surface area (Å²) in [4.78, 5) is 6.90. The first-order valence-corrected chi connectivity index (χ1v) is 8.38. The predicted octanol–water partition coefficient (Wildman–Crippen LogP) is 3.34. The lowest BCUT2D eigenvalue weighted by Crippen LogP contribution is -2.34. The van der Waals surface area contributed by atoms with Crippen LogP contribution in [0.1, 0.15) is 25.0 Å². The lowest BCUT2D eigenvalue weighted by Gasteiger charge is -2.29. The first kappa shape index (κ1) is 15.7. The molecule has 0 saturated heterocycles. The minimum absolute atomic E-state index is 0.315. The molecule has 0 saturated carbocycles. The SMILES string of the molecule is CC(C)NC(=S)Nc1ccc(N2CCc3ccccc3C2)nc1. The van der Waals surface area contributed by atoms with Gasteiger partial charge in [0.2, 0.25) is 0 Å². The molecule has 23 heavy (non-hydrogen) atoms. The van der Waals surface area contributed by atoms with Gasteiger partial charge in [0.05, 0.1) is 11.9 Å². The molecule has 120 valence electrons. The van der Waals surface area contributed by atoms with Crippen LogP contribution in [0.15, 0.2) is 42.6 Å². The summed E-state index contributed by atoms with van der Waals surface area (Å²) < 4.78 is 0. The van der Waals surface area contributed by atoms with Crippen molar-refractivity contribution in [3.63, 3.8) is 0 Å². The molecular weight excluding hydrogens is 304 g/mol. The quantitative estimate of drug-likeness (QED) is 0.847. The van der Waals surface area contributed by atoms with E-state index in [1.54, 1.807) is 0 Å². The van der Waals surface area contributed by atoms with Crippen LogP contribution in [0.5, 0.6) is 0 Å². The molecular formula is C18H22N4S. The molecule has 0 atom stereocenters. The van der Waals surface area contributed by atoms with Crippen molar-refractivity contribution in [3.8, 4) is 0 Å². The van der Waals surface area contributed by atoms with Crippen molar-refractivity contribution in [2.75, 3.05) is 16.8 Å². The van der Waals surface area contributed by atoms with E-state index >= 15 is 0 Å². The van der Waals surface area contributed by atoms with Gasteiger partial charge in [-0.05, 0) is 55.7 Å². The van der Waals surface area contributed by atoms with Crippen molar-refractivity contribution in [2.45, 2.75) is 32.9 Å². The number of pyridine rings is 1. The van der Waals surface area contributed by atoms with Crippen LogP contribution in [0.2, 0.25) is 0 Å². The molecule has 2 aromatic rings. The maximum atomic E-state index is 5.25. The van der Waals surface area contributed by atoms with Gasteiger partial charge >= 0.3 is 0 Å². The largest absolute Gasteiger partial charge is 0.360 e. The van der Waals surface area contributed by atoms with Crippen LogP contribution in [0.3, 0.4) is 0 Å². The van der Waals surface area contributed by atoms with E-state index in [-0.39, 0.29) is 0 Å². The summed E-state index contributed by atoms with van der Waals surface area (Å²) in [6.45, 7) is 6.04. The Labute approximate surface area is 142 Å². The molecule has 3 rings (SSSR count). The van der Waals surface area contributed by atoms with Gasteiger partial charge in [0.25, 0.3) is 0 Å². The van der Waals surface area contributed by atoms with E-state index in [2.05, 4.69) is 58.6 Å². The van der Waals surface area contributed by atoms with Crippen LogP contribution >= 0.6 is 12.2 Å². The molecule has 0 fully saturated rings. The van der Waals surface area contributed by atoms with Crippen LogP contribution in [0, 0.1) is 0 Å². The average Bonchev–Trinajstić information content (AvgIpc) is 2.54. The number of hydrogen-bond acceptors (Lipinski definition) is 3. The third kappa shape index (κ3) is 3.99. The molecule has 0 unspecified atom stereocenters. The van der Waals surface area contributed by atoms with Gasteiger partial charge in [-0.2, -0.15) is 0 Å². The number of anilines is 2. The Morgan fingerprint density at radius 3 is 2.65 bits per heavy atom. The molecule has 1 aliphatic heterocycles. The van der Waals surface area contributed by atoms with E-state index in [0.29, 0.717) is 11.2 Å². The number of benzene rings is 1. The summed E-state index contributed by atoms with van der Waals surface area (Å²) >= 11 is 5.25. The van der Waals surface area contributed by atoms with Crippen molar-refractivity contribution in [1.29, 1.82) is 0 Å². The van der Waals surface area contributed by atoms with Gasteiger partial charge in [-0.1, -0.05) is 24.3 Å². The Balaban J connectivity index is 1.65. The zero-order chi connectivity index (χ0) is 16.2. The topological polar surface area (TPSA) is 40.2 Å². The maximum absolute atomic E-state index is 5.25. The summed E-state index contributed by atoms with van der Waals surface area (Å²) in [5.74, 6) is 1.01. The predicted molar refractivity (Wildman–Crippen MR) is 99.9 cm³/mol. The maximum Gasteiger partial charge on any atom is 0.171 e. The number of fused-ring (bicyclic) bond motifs is 1. The van der Waals surface area contributed by atoms with Crippen LogP contribution < -0.4 is 15.5 Å². The molecule has 1 aromatic carbocycles. The standard InChI is InChI=1S/C18H22N4S/c1-13(2)20-18(23)21-16-7-8-17(19-11-16)22-10-9-14-5-3-4-6-15(14)12-22/h3-8,11,13H,9-10,12H2,1-2H3,(H2,20,21,23). The molecule has 2 heterocycles. The molecule has 1 aliphatic rings. The normalized spacial score (nSPS) is 13.6. The third-order valence-corrected chi connectivity index (χ3v) is 4.10. The van der Waals surface area contributed by atoms with Gasteiger partial charge in [0.15, 0.2) is 5.11 Å². The lowest BCUT2D eigenvalue weighted by atomic mass is 10.00. The number of nitrogens with one attached hydrogen (secondary N) is 2. The van der Waals surface area contributed by atoms with Crippen LogP contribution in [-0.2, 0) is 13.0 Å². The Morgan fingerprint density at radius 1 is 1.17 bits per heavy atom. The van der Waals surface area contributed by atoms with Gasteiger partial charge in [-0.15, -0.1) is 0 Å². The summed E-state index contributed by atoms with van der Waals surface area (Å²) in [7, 11) is 0. The number of hydrogen-bond donors (Lipinski definition) is 2. The molecule has 0 amide bonds. The highest BCUT2D eigenvalue weighted by molar-refractivity contribution is 7.80. The number of nitrogens with zero attached hydrogens (tertiary/aromatic N) is 2. The number of rotatable bonds is 3. The van der Waals surface area contributed by atoms with Crippen LogP contribution in [0.25, 0.3) is 0 Å². The molecule has 0 aliphatic carbocycles. The first-order chi connectivity index (χ1) is 11.1. The van der Waals surface area contributed by atoms with Gasteiger partial charge in [0.1, 0.15) is 5.82 Å². The zero-order valence-corrected chi connectivity index (χ0v) is 14.4. The van der Waals surface area contributed by atoms with E-state index in [0.717, 1.165) is 31.0 Å². The second-order valence-corrected chi connectivity index (χ2v) is 6.51. The van der Waals surface area contributed by atoms with Crippen molar-refractivity contribution in [1.82, 2.24) is 10.3 Å². The second-order valence-electron chi connectivity index (χ2n) is 6.10. The van der Waals surface area contributed by atoms with E-state index in [1.165, 1.54) is 11.1 Å². The second kappa shape index (κ2) is 6.96. The highest BCUT2D eigenvalue weighted by Gasteiger charge is 2.16. The molecule has 0 radical (unpaired) electrons. The summed E-state index contributed by atoms with van der Waals surface area (Å²) in [5.41, 5.74) is 3.75. The smallest absolute Gasteiger partial charge is 0.171 e. The minimum Gasteiger partial charge on any atom is -0.360 e. The Morgan fingerprint density at radius 2 is 1.96 bits per heavy atom. The van der Waals surface area contributed by atoms with Crippen molar-refractivity contribution >= 4 is 28.8 Å².